The van der Waals surface area contributed by atoms with Crippen LogP contribution < -0.4 is 10.1 Å². The molecule has 3 saturated heterocycles. The number of ether oxygens (including phenoxy) is 1. The van der Waals surface area contributed by atoms with Gasteiger partial charge < -0.3 is 15.0 Å². The van der Waals surface area contributed by atoms with Gasteiger partial charge in [-0.2, -0.15) is 0 Å². The lowest BCUT2D eigenvalue weighted by molar-refractivity contribution is -0.131. The summed E-state index contributed by atoms with van der Waals surface area (Å²) in [6, 6.07) is 6.87. The monoisotopic (exact) mass is 400 g/mol. The number of nitrogens with one attached hydrogen (secondary N) is 1. The molecule has 0 bridgehead atoms. The molecule has 3 fully saturated rings. The lowest BCUT2D eigenvalue weighted by atomic mass is 9.87. The predicted molar refractivity (Wildman–Crippen MR) is 107 cm³/mol. The van der Waals surface area contributed by atoms with Gasteiger partial charge in [-0.25, -0.2) is 4.79 Å². The van der Waals surface area contributed by atoms with Gasteiger partial charge in [0.2, 0.25) is 0 Å². The maximum Gasteiger partial charge on any atom is 0.324 e. The van der Waals surface area contributed by atoms with Gasteiger partial charge in [0.05, 0.1) is 0 Å². The second-order valence-electron chi connectivity index (χ2n) is 8.09. The number of carbonyl (C=O) groups excluding carboxylic acids is 3. The maximum absolute atomic E-state index is 12.8. The molecule has 8 heteroatoms. The molecule has 8 nitrogen and oxygen atoms in total. The quantitative estimate of drug-likeness (QED) is 0.754. The zero-order chi connectivity index (χ0) is 20.4. The molecule has 3 aliphatic rings. The van der Waals surface area contributed by atoms with Gasteiger partial charge in [0.1, 0.15) is 17.9 Å². The van der Waals surface area contributed by atoms with Gasteiger partial charge >= 0.3 is 6.03 Å². The van der Waals surface area contributed by atoms with E-state index in [1.54, 1.807) is 17.0 Å². The lowest BCUT2D eigenvalue weighted by Crippen LogP contribution is -2.55. The number of carbonyl (C=O) groups is 3. The minimum atomic E-state index is -0.852. The van der Waals surface area contributed by atoms with Crippen LogP contribution in [0.3, 0.4) is 0 Å². The number of amides is 4. The van der Waals surface area contributed by atoms with Crippen molar-refractivity contribution in [3.05, 3.63) is 29.8 Å². The molecule has 0 aliphatic carbocycles. The van der Waals surface area contributed by atoms with Gasteiger partial charge in [-0.1, -0.05) is 0 Å². The summed E-state index contributed by atoms with van der Waals surface area (Å²) in [5, 5.41) is 2.79. The molecular formula is C21H28N4O4. The van der Waals surface area contributed by atoms with Crippen LogP contribution in [0.15, 0.2) is 24.3 Å². The number of urea groups is 1. The Morgan fingerprint density at radius 3 is 2.31 bits per heavy atom. The van der Waals surface area contributed by atoms with Crippen molar-refractivity contribution in [3.63, 3.8) is 0 Å². The Balaban J connectivity index is 1.28. The second-order valence-corrected chi connectivity index (χ2v) is 8.09. The van der Waals surface area contributed by atoms with Crippen molar-refractivity contribution in [3.8, 4) is 5.75 Å². The highest BCUT2D eigenvalue weighted by atomic mass is 16.5. The highest BCUT2D eigenvalue weighted by molar-refractivity contribution is 6.07. The number of rotatable bonds is 5. The smallest absolute Gasteiger partial charge is 0.324 e. The van der Waals surface area contributed by atoms with E-state index in [4.69, 9.17) is 4.74 Å². The lowest BCUT2D eigenvalue weighted by Gasteiger charge is -2.37. The zero-order valence-electron chi connectivity index (χ0n) is 16.9. The second kappa shape index (κ2) is 8.02. The van der Waals surface area contributed by atoms with Crippen LogP contribution in [-0.2, 0) is 4.79 Å². The van der Waals surface area contributed by atoms with E-state index in [-0.39, 0.29) is 17.8 Å². The van der Waals surface area contributed by atoms with Gasteiger partial charge in [-0.05, 0) is 63.0 Å². The third-order valence-electron chi connectivity index (χ3n) is 6.25. The van der Waals surface area contributed by atoms with Crippen LogP contribution in [0.2, 0.25) is 0 Å². The Morgan fingerprint density at radius 1 is 1.07 bits per heavy atom. The van der Waals surface area contributed by atoms with Crippen molar-refractivity contribution < 1.29 is 19.1 Å². The third-order valence-corrected chi connectivity index (χ3v) is 6.25. The van der Waals surface area contributed by atoms with Crippen molar-refractivity contribution in [2.45, 2.75) is 31.2 Å². The molecule has 1 spiro atoms. The Kier molecular flexibility index (Phi) is 5.45. The molecule has 0 aromatic heterocycles. The molecule has 0 saturated carbocycles. The Bertz CT molecular complexity index is 780. The van der Waals surface area contributed by atoms with E-state index >= 15 is 0 Å². The standard InChI is InChI=1S/C21H28N4O4/c1-23-19(27)21(22-20(23)28)8-12-25(13-9-21)18(26)16-4-6-17(7-5-16)29-15-14-24-10-2-3-11-24/h4-7H,2-3,8-15H2,1H3,(H,22,28). The fourth-order valence-electron chi connectivity index (χ4n) is 4.36. The summed E-state index contributed by atoms with van der Waals surface area (Å²) >= 11 is 0. The Morgan fingerprint density at radius 2 is 1.72 bits per heavy atom. The maximum atomic E-state index is 12.8. The Labute approximate surface area is 170 Å². The summed E-state index contributed by atoms with van der Waals surface area (Å²) in [6.45, 7) is 4.76. The van der Waals surface area contributed by atoms with Gasteiger partial charge in [0.15, 0.2) is 0 Å². The van der Waals surface area contributed by atoms with Crippen LogP contribution in [0.4, 0.5) is 4.79 Å². The van der Waals surface area contributed by atoms with E-state index in [1.807, 2.05) is 12.1 Å². The number of likely N-dealkylation sites (tertiary alicyclic amines) is 2. The van der Waals surface area contributed by atoms with E-state index in [0.29, 0.717) is 38.1 Å². The molecule has 3 heterocycles. The summed E-state index contributed by atoms with van der Waals surface area (Å²) < 4.78 is 5.79. The first-order valence-electron chi connectivity index (χ1n) is 10.3. The largest absolute Gasteiger partial charge is 0.492 e. The van der Waals surface area contributed by atoms with E-state index in [0.717, 1.165) is 30.3 Å². The SMILES string of the molecule is CN1C(=O)NC2(CCN(C(=O)c3ccc(OCCN4CCCC4)cc3)CC2)C1=O. The van der Waals surface area contributed by atoms with Gasteiger partial charge in [-0.3, -0.25) is 19.4 Å². The van der Waals surface area contributed by atoms with Crippen molar-refractivity contribution in [2.24, 2.45) is 0 Å². The number of imide groups is 1. The molecule has 1 N–H and O–H groups in total. The molecule has 1 aromatic rings. The third kappa shape index (κ3) is 3.94. The van der Waals surface area contributed by atoms with Gasteiger partial charge in [0, 0.05) is 32.2 Å². The molecule has 3 aliphatic heterocycles. The number of benzene rings is 1. The topological polar surface area (TPSA) is 82.2 Å². The summed E-state index contributed by atoms with van der Waals surface area (Å²) in [5.74, 6) is 0.499. The van der Waals surface area contributed by atoms with Crippen molar-refractivity contribution >= 4 is 17.8 Å². The van der Waals surface area contributed by atoms with Gasteiger partial charge in [0.25, 0.3) is 11.8 Å². The van der Waals surface area contributed by atoms with Crippen LogP contribution in [0.1, 0.15) is 36.0 Å². The summed E-state index contributed by atoms with van der Waals surface area (Å²) in [5.41, 5.74) is -0.248. The zero-order valence-corrected chi connectivity index (χ0v) is 16.9. The van der Waals surface area contributed by atoms with E-state index in [2.05, 4.69) is 10.2 Å². The number of nitrogens with zero attached hydrogens (tertiary/aromatic N) is 3. The van der Waals surface area contributed by atoms with Crippen LogP contribution in [0.25, 0.3) is 0 Å². The van der Waals surface area contributed by atoms with E-state index in [1.165, 1.54) is 19.9 Å². The molecule has 4 rings (SSSR count). The number of hydrogen-bond acceptors (Lipinski definition) is 5. The first-order chi connectivity index (χ1) is 14.0. The van der Waals surface area contributed by atoms with E-state index in [9.17, 15) is 14.4 Å². The highest BCUT2D eigenvalue weighted by Crippen LogP contribution is 2.29. The van der Waals surface area contributed by atoms with Gasteiger partial charge in [-0.15, -0.1) is 0 Å². The molecule has 29 heavy (non-hydrogen) atoms. The molecule has 0 atom stereocenters. The molecule has 0 unspecified atom stereocenters. The molecular weight excluding hydrogens is 372 g/mol. The fourth-order valence-corrected chi connectivity index (χ4v) is 4.36. The summed E-state index contributed by atoms with van der Waals surface area (Å²) in [7, 11) is 1.48. The van der Waals surface area contributed by atoms with Crippen LogP contribution in [0.5, 0.6) is 5.75 Å². The van der Waals surface area contributed by atoms with Crippen molar-refractivity contribution in [1.29, 1.82) is 0 Å². The first-order valence-corrected chi connectivity index (χ1v) is 10.3. The molecule has 0 radical (unpaired) electrons. The first kappa shape index (κ1) is 19.7. The number of likely N-dealkylation sites (N-methyl/N-ethyl adjacent to an activating group) is 1. The van der Waals surface area contributed by atoms with Crippen LogP contribution in [-0.4, -0.2) is 84.5 Å². The molecule has 1 aromatic carbocycles. The molecule has 156 valence electrons. The van der Waals surface area contributed by atoms with Crippen molar-refractivity contribution in [1.82, 2.24) is 20.0 Å². The van der Waals surface area contributed by atoms with E-state index < -0.39 is 5.54 Å². The normalized spacial score (nSPS) is 21.7. The average molecular weight is 400 g/mol. The summed E-state index contributed by atoms with van der Waals surface area (Å²) in [4.78, 5) is 42.2. The minimum Gasteiger partial charge on any atom is -0.492 e. The van der Waals surface area contributed by atoms with Crippen LogP contribution >= 0.6 is 0 Å². The van der Waals surface area contributed by atoms with Crippen LogP contribution in [0, 0.1) is 0 Å². The molecule has 4 amide bonds. The summed E-state index contributed by atoms with van der Waals surface area (Å²) in [6.07, 6.45) is 3.41. The van der Waals surface area contributed by atoms with Crippen molar-refractivity contribution in [2.75, 3.05) is 46.4 Å². The minimum absolute atomic E-state index is 0.0615. The Hall–Kier alpha value is -2.61. The number of hydrogen-bond donors (Lipinski definition) is 1. The predicted octanol–water partition coefficient (Wildman–Crippen LogP) is 1.32. The fraction of sp³-hybridized carbons (Fsp3) is 0.571. The average Bonchev–Trinajstić information content (AvgIpc) is 3.32. The highest BCUT2D eigenvalue weighted by Gasteiger charge is 2.51. The number of piperidine rings is 1.